The van der Waals surface area contributed by atoms with Crippen LogP contribution < -0.4 is 0 Å². The zero-order valence-electron chi connectivity index (χ0n) is 67.9. The molecule has 0 bridgehead atoms. The van der Waals surface area contributed by atoms with Gasteiger partial charge in [0.1, 0.15) is 166 Å². The summed E-state index contributed by atoms with van der Waals surface area (Å²) in [6.07, 6.45) is -57.6. The minimum absolute atomic E-state index is 0.0168. The highest BCUT2D eigenvalue weighted by atomic mass is 16.8. The van der Waals surface area contributed by atoms with Gasteiger partial charge in [0.15, 0.2) is 37.7 Å². The lowest BCUT2D eigenvalue weighted by atomic mass is 9.72. The fraction of sp³-hybridized carbons (Fsp3) is 0.886. The van der Waals surface area contributed by atoms with Crippen molar-refractivity contribution in [2.45, 2.75) is 360 Å². The van der Waals surface area contributed by atoms with E-state index in [1.54, 1.807) is 0 Å². The predicted molar refractivity (Wildman–Crippen MR) is 401 cm³/mol. The first-order chi connectivity index (χ1) is 59.1. The summed E-state index contributed by atoms with van der Waals surface area (Å²) in [4.78, 5) is 40.2. The highest BCUT2D eigenvalue weighted by Gasteiger charge is 2.58. The Hall–Kier alpha value is -3.93. The number of fused-ring (bicyclic) bond motifs is 1. The number of aliphatic hydroxyl groups is 25. The standard InChI is InChI=1S/C79H124O45/c1-108-42-19-32(8-11-35(42)84)72-45(22-34-40(112-72)20-33(83)21-41(34)114-75-67(103)61(97)55(91)46(23-80)118-75)117-79-73(124-78-71(107)65(101)59(95)50(122-78)27-110-54(90)15-7-31-3-10-37(86)44(18-31)116-77-69(105)63(99)57(93)48(25-82)120-77)66(102)60(96)51(123-79)28-111-52(88)13-5-29-4-12-39(38(87)16-29)113-74-70(106)64(100)58(94)49(121-74)26-109-53(89)14-6-30-2-9-36(85)43(17-30)115-76-68(104)62(98)56(92)47(24-81)119-76/h5-7,13-15,29-51,55-87,91-107H,2-4,8-12,16-28H2,1H3. The van der Waals surface area contributed by atoms with E-state index in [4.69, 9.17) is 80.5 Å². The van der Waals surface area contributed by atoms with Crippen LogP contribution in [0, 0.1) is 29.6 Å². The number of rotatable bonds is 29. The number of hydrogen-bond donors (Lipinski definition) is 25. The number of allylic oxidation sites excluding steroid dienone is 3. The van der Waals surface area contributed by atoms with Gasteiger partial charge in [0, 0.05) is 37.7 Å². The number of methoxy groups -OCH3 is 1. The summed E-state index contributed by atoms with van der Waals surface area (Å²) in [5, 5.41) is 271. The zero-order valence-corrected chi connectivity index (χ0v) is 67.9. The monoisotopic (exact) mass is 1790 g/mol. The molecule has 12 aliphatic rings. The highest BCUT2D eigenvalue weighted by molar-refractivity contribution is 5.82. The van der Waals surface area contributed by atoms with Gasteiger partial charge in [-0.2, -0.15) is 0 Å². The van der Waals surface area contributed by atoms with Crippen LogP contribution >= 0.6 is 0 Å². The molecular formula is C79H124O45. The van der Waals surface area contributed by atoms with Crippen LogP contribution in [-0.4, -0.2) is 456 Å². The minimum atomic E-state index is -2.19. The minimum Gasteiger partial charge on any atom is -0.460 e. The van der Waals surface area contributed by atoms with Crippen LogP contribution in [0.3, 0.4) is 0 Å². The van der Waals surface area contributed by atoms with Crippen LogP contribution in [0.4, 0.5) is 0 Å². The number of ether oxygens (including phenoxy) is 17. The van der Waals surface area contributed by atoms with Crippen LogP contribution in [0.5, 0.6) is 0 Å². The number of esters is 3. The van der Waals surface area contributed by atoms with Crippen molar-refractivity contribution in [3.8, 4) is 0 Å². The van der Waals surface area contributed by atoms with E-state index in [1.807, 2.05) is 0 Å². The third kappa shape index (κ3) is 23.6. The summed E-state index contributed by atoms with van der Waals surface area (Å²) >= 11 is 0. The summed E-state index contributed by atoms with van der Waals surface area (Å²) in [5.41, 5.74) is 0. The molecule has 124 heavy (non-hydrogen) atoms. The lowest BCUT2D eigenvalue weighted by Gasteiger charge is -2.53. The maximum Gasteiger partial charge on any atom is 0.330 e. The van der Waals surface area contributed by atoms with Gasteiger partial charge in [0.2, 0.25) is 0 Å². The van der Waals surface area contributed by atoms with Crippen LogP contribution in [0.2, 0.25) is 0 Å². The van der Waals surface area contributed by atoms with Crippen molar-refractivity contribution >= 4 is 17.9 Å². The molecule has 48 unspecified atom stereocenters. The van der Waals surface area contributed by atoms with E-state index in [-0.39, 0.29) is 77.0 Å². The van der Waals surface area contributed by atoms with Crippen LogP contribution in [0.25, 0.3) is 0 Å². The second-order valence-corrected chi connectivity index (χ2v) is 34.6. The van der Waals surface area contributed by atoms with Gasteiger partial charge in [-0.15, -0.1) is 0 Å². The van der Waals surface area contributed by atoms with Crippen LogP contribution in [0.1, 0.15) is 96.3 Å². The molecule has 7 saturated heterocycles. The molecule has 25 N–H and O–H groups in total. The summed E-state index contributed by atoms with van der Waals surface area (Å²) in [5.74, 6) is -5.75. The van der Waals surface area contributed by atoms with Crippen molar-refractivity contribution in [3.63, 3.8) is 0 Å². The van der Waals surface area contributed by atoms with Gasteiger partial charge in [-0.25, -0.2) is 14.4 Å². The molecule has 5 saturated carbocycles. The molecule has 0 aromatic carbocycles. The van der Waals surface area contributed by atoms with E-state index in [2.05, 4.69) is 0 Å². The molecule has 12 fully saturated rings. The molecule has 710 valence electrons. The zero-order chi connectivity index (χ0) is 89.6. The second-order valence-electron chi connectivity index (χ2n) is 34.6. The van der Waals surface area contributed by atoms with E-state index in [0.29, 0.717) is 19.3 Å². The quantitative estimate of drug-likeness (QED) is 0.0188. The Balaban J connectivity index is 0.694. The molecule has 0 aromatic rings. The van der Waals surface area contributed by atoms with Crippen molar-refractivity contribution in [1.29, 1.82) is 0 Å². The average molecular weight is 1790 g/mol. The third-order valence-corrected chi connectivity index (χ3v) is 26.2. The summed E-state index contributed by atoms with van der Waals surface area (Å²) in [7, 11) is 1.40. The Morgan fingerprint density at radius 1 is 0.298 bits per heavy atom. The van der Waals surface area contributed by atoms with Crippen LogP contribution in [0.15, 0.2) is 36.5 Å². The Bertz CT molecular complexity index is 3420. The van der Waals surface area contributed by atoms with E-state index < -0.39 is 351 Å². The molecule has 0 aromatic heterocycles. The van der Waals surface area contributed by atoms with E-state index in [0.717, 1.165) is 18.2 Å². The Morgan fingerprint density at radius 2 is 0.645 bits per heavy atom. The average Bonchev–Trinajstić information content (AvgIpc) is 0.757. The fourth-order valence-electron chi connectivity index (χ4n) is 18.7. The third-order valence-electron chi connectivity index (χ3n) is 26.2. The number of carbonyl (C=O) groups excluding carboxylic acids is 3. The maximum absolute atomic E-state index is 13.8. The highest BCUT2D eigenvalue weighted by Crippen LogP contribution is 2.47. The lowest BCUT2D eigenvalue weighted by molar-refractivity contribution is -0.380. The smallest absolute Gasteiger partial charge is 0.330 e. The summed E-state index contributed by atoms with van der Waals surface area (Å²) in [6, 6.07) is 0. The summed E-state index contributed by atoms with van der Waals surface area (Å²) < 4.78 is 101. The molecule has 12 rings (SSSR count). The molecule has 7 aliphatic heterocycles. The van der Waals surface area contributed by atoms with Crippen LogP contribution in [-0.2, 0) is 94.9 Å². The maximum atomic E-state index is 13.8. The van der Waals surface area contributed by atoms with Gasteiger partial charge < -0.3 is 208 Å². The molecule has 45 nitrogen and oxygen atoms in total. The Kier molecular flexibility index (Phi) is 35.6. The van der Waals surface area contributed by atoms with E-state index in [1.165, 1.54) is 25.3 Å². The first kappa shape index (κ1) is 99.1. The number of hydrogen-bond acceptors (Lipinski definition) is 45. The first-order valence-electron chi connectivity index (χ1n) is 42.5. The molecular weight excluding hydrogens is 1670 g/mol. The molecule has 7 heterocycles. The number of aliphatic hydroxyl groups excluding tert-OH is 25. The SMILES string of the molecule is COC1CC(C2OC3CC(O)CC(OC4OC(CO)C(O)C(O)C4O)C3CC2OC2OC(COC(=O)C=CC3CCC(OC4OC(COC(=O)C=CC5CCC(O)C(OC6OC(CO)C(O)C(O)C6O)C5)C(O)C(O)C4O)C(O)C3)C(O)C(O)C2OC2OC(COC(=O)C=CC3CCC(O)C(OC4OC(CO)C(O)C(O)C4O)C3)C(O)C(O)C2O)CCC1O. The largest absolute Gasteiger partial charge is 0.460 e. The lowest BCUT2D eigenvalue weighted by Crippen LogP contribution is -2.66. The van der Waals surface area contributed by atoms with E-state index >= 15 is 0 Å². The normalized spacial score (nSPS) is 49.4. The topological polar surface area (TPSA) is 714 Å². The van der Waals surface area contributed by atoms with Crippen molar-refractivity contribution < 1.29 is 223 Å². The fourth-order valence-corrected chi connectivity index (χ4v) is 18.7. The molecule has 0 radical (unpaired) electrons. The van der Waals surface area contributed by atoms with Crippen molar-refractivity contribution in [2.75, 3.05) is 46.8 Å². The van der Waals surface area contributed by atoms with Gasteiger partial charge >= 0.3 is 17.9 Å². The Morgan fingerprint density at radius 3 is 1.06 bits per heavy atom. The molecule has 0 amide bonds. The van der Waals surface area contributed by atoms with Gasteiger partial charge in [-0.05, 0) is 114 Å². The van der Waals surface area contributed by atoms with Gasteiger partial charge in [-0.3, -0.25) is 0 Å². The molecule has 5 aliphatic carbocycles. The van der Waals surface area contributed by atoms with Crippen molar-refractivity contribution in [3.05, 3.63) is 36.5 Å². The molecule has 45 heteroatoms. The van der Waals surface area contributed by atoms with Gasteiger partial charge in [0.25, 0.3) is 0 Å². The molecule has 0 spiro atoms. The molecule has 48 atom stereocenters. The first-order valence-corrected chi connectivity index (χ1v) is 42.5. The Labute approximate surface area is 710 Å². The van der Waals surface area contributed by atoms with Crippen molar-refractivity contribution in [2.24, 2.45) is 29.6 Å². The van der Waals surface area contributed by atoms with Crippen molar-refractivity contribution in [1.82, 2.24) is 0 Å². The number of carbonyl (C=O) groups is 3. The second kappa shape index (κ2) is 44.5. The van der Waals surface area contributed by atoms with E-state index in [9.17, 15) is 142 Å². The predicted octanol–water partition coefficient (Wildman–Crippen LogP) is -11.4. The van der Waals surface area contributed by atoms with Gasteiger partial charge in [-0.1, -0.05) is 18.2 Å². The van der Waals surface area contributed by atoms with Gasteiger partial charge in [0.05, 0.1) is 99.2 Å². The summed E-state index contributed by atoms with van der Waals surface area (Å²) in [6.45, 7) is -4.57.